The second kappa shape index (κ2) is 7.72. The van der Waals surface area contributed by atoms with Crippen molar-refractivity contribution in [2.75, 3.05) is 6.54 Å². The molecular formula is C16H25N3O2S. The third kappa shape index (κ3) is 4.06. The topological polar surface area (TPSA) is 76.3 Å². The van der Waals surface area contributed by atoms with Crippen LogP contribution >= 0.6 is 11.3 Å². The molecule has 1 fully saturated rings. The zero-order valence-electron chi connectivity index (χ0n) is 13.4. The van der Waals surface area contributed by atoms with Gasteiger partial charge in [0, 0.05) is 6.04 Å². The van der Waals surface area contributed by atoms with Crippen molar-refractivity contribution in [3.63, 3.8) is 0 Å². The van der Waals surface area contributed by atoms with E-state index in [0.717, 1.165) is 55.6 Å². The number of carbonyl (C=O) groups excluding carboxylic acids is 2. The standard InChI is InChI=1S/C16H25N3O2S/c1-3-4-9-14-18-11(2)15(22-14)16(21)19(10-13(17)20)12-7-5-6-8-12/h12H,3-10H2,1-2H3,(H2,17,20). The molecule has 2 rings (SSSR count). The van der Waals surface area contributed by atoms with Crippen molar-refractivity contribution in [2.45, 2.75) is 64.8 Å². The summed E-state index contributed by atoms with van der Waals surface area (Å²) in [4.78, 5) is 31.1. The minimum Gasteiger partial charge on any atom is -0.368 e. The fourth-order valence-electron chi connectivity index (χ4n) is 2.97. The normalized spacial score (nSPS) is 15.2. The Bertz CT molecular complexity index is 535. The van der Waals surface area contributed by atoms with Crippen LogP contribution in [0.3, 0.4) is 0 Å². The molecule has 0 spiro atoms. The van der Waals surface area contributed by atoms with Crippen LogP contribution in [0.1, 0.15) is 65.8 Å². The van der Waals surface area contributed by atoms with Crippen molar-refractivity contribution in [3.05, 3.63) is 15.6 Å². The number of unbranched alkanes of at least 4 members (excludes halogenated alkanes) is 1. The van der Waals surface area contributed by atoms with E-state index in [4.69, 9.17) is 5.73 Å². The highest BCUT2D eigenvalue weighted by molar-refractivity contribution is 7.13. The average molecular weight is 323 g/mol. The minimum absolute atomic E-state index is 0.00509. The second-order valence-electron chi connectivity index (χ2n) is 5.96. The van der Waals surface area contributed by atoms with Gasteiger partial charge in [-0.2, -0.15) is 0 Å². The first-order chi connectivity index (χ1) is 10.5. The Kier molecular flexibility index (Phi) is 5.94. The van der Waals surface area contributed by atoms with E-state index in [2.05, 4.69) is 11.9 Å². The number of nitrogens with zero attached hydrogens (tertiary/aromatic N) is 2. The zero-order chi connectivity index (χ0) is 16.1. The second-order valence-corrected chi connectivity index (χ2v) is 7.05. The van der Waals surface area contributed by atoms with Crippen molar-refractivity contribution in [2.24, 2.45) is 5.73 Å². The number of thiazole rings is 1. The van der Waals surface area contributed by atoms with Crippen LogP contribution in [0.5, 0.6) is 0 Å². The molecule has 0 bridgehead atoms. The monoisotopic (exact) mass is 323 g/mol. The predicted octanol–water partition coefficient (Wildman–Crippen LogP) is 2.66. The van der Waals surface area contributed by atoms with Crippen LogP contribution in [0.15, 0.2) is 0 Å². The molecular weight excluding hydrogens is 298 g/mol. The SMILES string of the molecule is CCCCc1nc(C)c(C(=O)N(CC(N)=O)C2CCCC2)s1. The van der Waals surface area contributed by atoms with Gasteiger partial charge in [-0.15, -0.1) is 11.3 Å². The van der Waals surface area contributed by atoms with Crippen molar-refractivity contribution in [3.8, 4) is 0 Å². The van der Waals surface area contributed by atoms with Crippen LogP contribution in [-0.4, -0.2) is 34.3 Å². The molecule has 1 aromatic heterocycles. The molecule has 0 aliphatic heterocycles. The molecule has 5 nitrogen and oxygen atoms in total. The lowest BCUT2D eigenvalue weighted by atomic mass is 10.2. The molecule has 6 heteroatoms. The van der Waals surface area contributed by atoms with E-state index in [-0.39, 0.29) is 18.5 Å². The van der Waals surface area contributed by atoms with E-state index in [1.165, 1.54) is 11.3 Å². The lowest BCUT2D eigenvalue weighted by Crippen LogP contribution is -2.44. The Morgan fingerprint density at radius 3 is 2.64 bits per heavy atom. The molecule has 1 aliphatic carbocycles. The minimum atomic E-state index is -0.450. The number of primary amides is 1. The molecule has 0 aromatic carbocycles. The summed E-state index contributed by atoms with van der Waals surface area (Å²) >= 11 is 1.47. The van der Waals surface area contributed by atoms with E-state index < -0.39 is 5.91 Å². The molecule has 1 aromatic rings. The van der Waals surface area contributed by atoms with Gasteiger partial charge in [-0.25, -0.2) is 4.98 Å². The molecule has 0 unspecified atom stereocenters. The highest BCUT2D eigenvalue weighted by Crippen LogP contribution is 2.27. The predicted molar refractivity (Wildman–Crippen MR) is 87.9 cm³/mol. The van der Waals surface area contributed by atoms with Crippen LogP contribution in [0.4, 0.5) is 0 Å². The fraction of sp³-hybridized carbons (Fsp3) is 0.688. The van der Waals surface area contributed by atoms with Gasteiger partial charge in [-0.05, 0) is 32.6 Å². The van der Waals surface area contributed by atoms with Gasteiger partial charge in [0.2, 0.25) is 5.91 Å². The highest BCUT2D eigenvalue weighted by Gasteiger charge is 2.30. The number of nitrogens with two attached hydrogens (primary N) is 1. The highest BCUT2D eigenvalue weighted by atomic mass is 32.1. The smallest absolute Gasteiger partial charge is 0.266 e. The summed E-state index contributed by atoms with van der Waals surface area (Å²) < 4.78 is 0. The summed E-state index contributed by atoms with van der Waals surface area (Å²) in [6.45, 7) is 4.02. The molecule has 0 saturated heterocycles. The molecule has 1 saturated carbocycles. The quantitative estimate of drug-likeness (QED) is 0.838. The first kappa shape index (κ1) is 16.9. The van der Waals surface area contributed by atoms with Crippen molar-refractivity contribution in [1.29, 1.82) is 0 Å². The van der Waals surface area contributed by atoms with Crippen LogP contribution in [-0.2, 0) is 11.2 Å². The number of hydrogen-bond acceptors (Lipinski definition) is 4. The summed E-state index contributed by atoms with van der Waals surface area (Å²) in [5, 5.41) is 1.01. The van der Waals surface area contributed by atoms with Crippen molar-refractivity contribution in [1.82, 2.24) is 9.88 Å². The lowest BCUT2D eigenvalue weighted by Gasteiger charge is -2.27. The zero-order valence-corrected chi connectivity index (χ0v) is 14.2. The first-order valence-electron chi connectivity index (χ1n) is 8.08. The third-order valence-corrected chi connectivity index (χ3v) is 5.34. The number of hydrogen-bond donors (Lipinski definition) is 1. The van der Waals surface area contributed by atoms with Gasteiger partial charge in [0.15, 0.2) is 0 Å². The van der Waals surface area contributed by atoms with Crippen molar-refractivity contribution >= 4 is 23.2 Å². The Morgan fingerprint density at radius 1 is 1.36 bits per heavy atom. The van der Waals surface area contributed by atoms with Gasteiger partial charge in [-0.1, -0.05) is 26.2 Å². The average Bonchev–Trinajstić information content (AvgIpc) is 3.11. The fourth-order valence-corrected chi connectivity index (χ4v) is 4.03. The number of rotatable bonds is 7. The van der Waals surface area contributed by atoms with E-state index in [0.29, 0.717) is 4.88 Å². The van der Waals surface area contributed by atoms with Gasteiger partial charge in [0.25, 0.3) is 5.91 Å². The Balaban J connectivity index is 2.18. The van der Waals surface area contributed by atoms with Gasteiger partial charge in [0.05, 0.1) is 17.2 Å². The van der Waals surface area contributed by atoms with E-state index in [1.807, 2.05) is 6.92 Å². The summed E-state index contributed by atoms with van der Waals surface area (Å²) in [7, 11) is 0. The van der Waals surface area contributed by atoms with Crippen LogP contribution in [0.25, 0.3) is 0 Å². The van der Waals surface area contributed by atoms with Crippen LogP contribution < -0.4 is 5.73 Å². The summed E-state index contributed by atoms with van der Waals surface area (Å²) in [6.07, 6.45) is 7.23. The molecule has 2 amide bonds. The molecule has 1 heterocycles. The maximum Gasteiger partial charge on any atom is 0.266 e. The van der Waals surface area contributed by atoms with E-state index >= 15 is 0 Å². The van der Waals surface area contributed by atoms with Gasteiger partial charge < -0.3 is 10.6 Å². The van der Waals surface area contributed by atoms with E-state index in [9.17, 15) is 9.59 Å². The van der Waals surface area contributed by atoms with Crippen LogP contribution in [0.2, 0.25) is 0 Å². The Hall–Kier alpha value is -1.43. The Morgan fingerprint density at radius 2 is 2.05 bits per heavy atom. The lowest BCUT2D eigenvalue weighted by molar-refractivity contribution is -0.119. The number of carbonyl (C=O) groups is 2. The molecule has 122 valence electrons. The number of amides is 2. The maximum absolute atomic E-state index is 12.9. The molecule has 0 radical (unpaired) electrons. The third-order valence-electron chi connectivity index (χ3n) is 4.13. The largest absolute Gasteiger partial charge is 0.368 e. The van der Waals surface area contributed by atoms with Gasteiger partial charge in [0.1, 0.15) is 4.88 Å². The van der Waals surface area contributed by atoms with Gasteiger partial charge >= 0.3 is 0 Å². The number of aryl methyl sites for hydroxylation is 2. The summed E-state index contributed by atoms with van der Waals surface area (Å²) in [5.74, 6) is -0.530. The molecule has 1 aliphatic rings. The summed E-state index contributed by atoms with van der Waals surface area (Å²) in [5.41, 5.74) is 6.11. The Labute approximate surface area is 135 Å². The molecule has 0 atom stereocenters. The molecule has 2 N–H and O–H groups in total. The van der Waals surface area contributed by atoms with Crippen LogP contribution in [0, 0.1) is 6.92 Å². The maximum atomic E-state index is 12.9. The number of aromatic nitrogens is 1. The molecule has 22 heavy (non-hydrogen) atoms. The first-order valence-corrected chi connectivity index (χ1v) is 8.90. The summed E-state index contributed by atoms with van der Waals surface area (Å²) in [6, 6.07) is 0.139. The van der Waals surface area contributed by atoms with Gasteiger partial charge in [-0.3, -0.25) is 9.59 Å². The van der Waals surface area contributed by atoms with E-state index in [1.54, 1.807) is 4.90 Å². The van der Waals surface area contributed by atoms with Crippen molar-refractivity contribution < 1.29 is 9.59 Å².